The van der Waals surface area contributed by atoms with E-state index in [1.165, 1.54) is 11.8 Å². The number of hydrogen-bond acceptors (Lipinski definition) is 6. The normalized spacial score (nSPS) is 16.6. The third-order valence-electron chi connectivity index (χ3n) is 6.31. The van der Waals surface area contributed by atoms with Gasteiger partial charge in [-0.2, -0.15) is 11.8 Å². The lowest BCUT2D eigenvalue weighted by molar-refractivity contribution is -0.146. The van der Waals surface area contributed by atoms with Crippen LogP contribution >= 0.6 is 11.8 Å². The van der Waals surface area contributed by atoms with E-state index < -0.39 is 30.0 Å². The molecule has 0 aliphatic carbocycles. The van der Waals surface area contributed by atoms with Crippen molar-refractivity contribution in [1.82, 2.24) is 25.5 Å². The van der Waals surface area contributed by atoms with Crippen LogP contribution in [0.1, 0.15) is 44.5 Å². The van der Waals surface area contributed by atoms with E-state index in [1.54, 1.807) is 17.4 Å². The van der Waals surface area contributed by atoms with Gasteiger partial charge in [0.15, 0.2) is 0 Å². The van der Waals surface area contributed by atoms with Gasteiger partial charge in [-0.05, 0) is 35.5 Å². The Hall–Kier alpha value is -2.85. The number of nitrogens with zero attached hydrogens (tertiary/aromatic N) is 2. The van der Waals surface area contributed by atoms with Crippen LogP contribution < -0.4 is 10.6 Å². The highest BCUT2D eigenvalue weighted by Crippen LogP contribution is 2.25. The van der Waals surface area contributed by atoms with Gasteiger partial charge in [0.05, 0.1) is 12.4 Å². The quantitative estimate of drug-likeness (QED) is 0.341. The number of carbonyl (C=O) groups excluding carboxylic acids is 2. The number of hydrogen-bond donors (Lipinski definition) is 4. The lowest BCUT2D eigenvalue weighted by Crippen LogP contribution is -2.59. The number of carboxylic acids is 1. The number of aromatic amines is 1. The monoisotopic (exact) mass is 517 g/mol. The Morgan fingerprint density at radius 2 is 1.97 bits per heavy atom. The highest BCUT2D eigenvalue weighted by Gasteiger charge is 2.39. The number of aromatic nitrogens is 2. The van der Waals surface area contributed by atoms with Gasteiger partial charge in [0, 0.05) is 37.8 Å². The van der Waals surface area contributed by atoms with Gasteiger partial charge in [-0.1, -0.05) is 45.5 Å². The van der Waals surface area contributed by atoms with E-state index in [0.29, 0.717) is 38.1 Å². The number of carbonyl (C=O) groups is 3. The molecule has 0 unspecified atom stereocenters. The van der Waals surface area contributed by atoms with E-state index in [1.807, 2.05) is 44.4 Å². The first-order valence-corrected chi connectivity index (χ1v) is 13.3. The van der Waals surface area contributed by atoms with Gasteiger partial charge in [-0.3, -0.25) is 9.59 Å². The fourth-order valence-corrected chi connectivity index (χ4v) is 4.79. The van der Waals surface area contributed by atoms with Gasteiger partial charge in [-0.25, -0.2) is 9.78 Å². The summed E-state index contributed by atoms with van der Waals surface area (Å²) in [6.07, 6.45) is 6.64. The van der Waals surface area contributed by atoms with Crippen molar-refractivity contribution in [2.45, 2.75) is 65.2 Å². The SMILES string of the molecule is C.CSCC[C@@H](NC(=O)[C@H]1Cc2ccccc2CN1C(=O)[C@@H](NCCc1cnc[nH]1)C(C)C)C(=O)O. The van der Waals surface area contributed by atoms with Crippen LogP contribution in [0.3, 0.4) is 0 Å². The van der Waals surface area contributed by atoms with Gasteiger partial charge in [0.25, 0.3) is 0 Å². The van der Waals surface area contributed by atoms with Crippen LogP contribution in [0.5, 0.6) is 0 Å². The maximum Gasteiger partial charge on any atom is 0.326 e. The standard InChI is InChI=1S/C25H35N5O4S.CH4/c1-16(2)22(27-10-8-19-13-26-15-28-19)24(32)30-14-18-7-5-4-6-17(18)12-21(30)23(31)29-20(25(33)34)9-11-35-3;/h4-7,13,15-16,20-22,27H,8-12,14H2,1-3H3,(H,26,28)(H,29,31)(H,33,34);1H4/t20-,21-,22+;/m1./s1. The van der Waals surface area contributed by atoms with Gasteiger partial charge >= 0.3 is 5.97 Å². The zero-order chi connectivity index (χ0) is 25.4. The third kappa shape index (κ3) is 7.57. The summed E-state index contributed by atoms with van der Waals surface area (Å²) in [7, 11) is 0. The summed E-state index contributed by atoms with van der Waals surface area (Å²) in [5, 5.41) is 15.6. The molecule has 2 amide bonds. The second-order valence-electron chi connectivity index (χ2n) is 9.14. The van der Waals surface area contributed by atoms with Crippen LogP contribution in [0.4, 0.5) is 0 Å². The Morgan fingerprint density at radius 1 is 1.25 bits per heavy atom. The molecule has 1 aromatic heterocycles. The van der Waals surface area contributed by atoms with E-state index >= 15 is 0 Å². The molecule has 1 aliphatic heterocycles. The van der Waals surface area contributed by atoms with Crippen LogP contribution in [0.25, 0.3) is 0 Å². The van der Waals surface area contributed by atoms with Crippen molar-refractivity contribution in [2.24, 2.45) is 5.92 Å². The van der Waals surface area contributed by atoms with Gasteiger partial charge in [0.2, 0.25) is 11.8 Å². The molecular formula is C26H39N5O4S. The largest absolute Gasteiger partial charge is 0.480 e. The molecule has 0 fully saturated rings. The van der Waals surface area contributed by atoms with E-state index in [0.717, 1.165) is 16.8 Å². The number of nitrogens with one attached hydrogen (secondary N) is 3. The summed E-state index contributed by atoms with van der Waals surface area (Å²) in [5.74, 6) is -1.04. The highest BCUT2D eigenvalue weighted by atomic mass is 32.2. The minimum atomic E-state index is -1.07. The van der Waals surface area contributed by atoms with Crippen molar-refractivity contribution in [1.29, 1.82) is 0 Å². The van der Waals surface area contributed by atoms with Gasteiger partial charge in [0.1, 0.15) is 12.1 Å². The molecule has 1 aromatic carbocycles. The van der Waals surface area contributed by atoms with Crippen molar-refractivity contribution >= 4 is 29.5 Å². The molecule has 0 spiro atoms. The molecule has 2 aromatic rings. The number of carboxylic acid groups (broad SMARTS) is 1. The Labute approximate surface area is 217 Å². The van der Waals surface area contributed by atoms with Gasteiger partial charge in [-0.15, -0.1) is 0 Å². The summed E-state index contributed by atoms with van der Waals surface area (Å²) in [5.41, 5.74) is 2.98. The zero-order valence-electron chi connectivity index (χ0n) is 20.5. The molecule has 0 bridgehead atoms. The average Bonchev–Trinajstić information content (AvgIpc) is 3.36. The molecule has 3 rings (SSSR count). The molecule has 198 valence electrons. The predicted octanol–water partition coefficient (Wildman–Crippen LogP) is 2.48. The summed E-state index contributed by atoms with van der Waals surface area (Å²) in [6.45, 7) is 4.83. The number of thioether (sulfide) groups is 1. The van der Waals surface area contributed by atoms with Crippen LogP contribution in [0.15, 0.2) is 36.8 Å². The third-order valence-corrected chi connectivity index (χ3v) is 6.95. The zero-order valence-corrected chi connectivity index (χ0v) is 21.3. The Bertz CT molecular complexity index is 998. The first kappa shape index (κ1) is 29.4. The molecule has 36 heavy (non-hydrogen) atoms. The first-order chi connectivity index (χ1) is 16.8. The number of fused-ring (bicyclic) bond motifs is 1. The molecule has 0 radical (unpaired) electrons. The van der Waals surface area contributed by atoms with Gasteiger partial charge < -0.3 is 25.6 Å². The molecule has 9 nitrogen and oxygen atoms in total. The molecule has 1 aliphatic rings. The fraction of sp³-hybridized carbons (Fsp3) is 0.538. The second-order valence-corrected chi connectivity index (χ2v) is 10.1. The summed E-state index contributed by atoms with van der Waals surface area (Å²) in [6, 6.07) is 5.53. The fourth-order valence-electron chi connectivity index (χ4n) is 4.32. The summed E-state index contributed by atoms with van der Waals surface area (Å²) < 4.78 is 0. The van der Waals surface area contributed by atoms with Crippen molar-refractivity contribution in [2.75, 3.05) is 18.6 Å². The number of benzene rings is 1. The number of amides is 2. The molecule has 3 atom stereocenters. The Balaban J connectivity index is 0.00000456. The molecule has 0 saturated heterocycles. The lowest BCUT2D eigenvalue weighted by atomic mass is 9.91. The molecular weight excluding hydrogens is 478 g/mol. The van der Waals surface area contributed by atoms with Crippen molar-refractivity contribution in [3.05, 3.63) is 53.6 Å². The van der Waals surface area contributed by atoms with Crippen LogP contribution in [0.2, 0.25) is 0 Å². The van der Waals surface area contributed by atoms with E-state index in [9.17, 15) is 19.5 Å². The number of aliphatic carboxylic acids is 1. The predicted molar refractivity (Wildman–Crippen MR) is 143 cm³/mol. The molecule has 0 saturated carbocycles. The topological polar surface area (TPSA) is 127 Å². The molecule has 10 heteroatoms. The smallest absolute Gasteiger partial charge is 0.326 e. The summed E-state index contributed by atoms with van der Waals surface area (Å²) >= 11 is 1.53. The van der Waals surface area contributed by atoms with Crippen molar-refractivity contribution in [3.8, 4) is 0 Å². The van der Waals surface area contributed by atoms with Crippen LogP contribution in [-0.4, -0.2) is 74.4 Å². The van der Waals surface area contributed by atoms with E-state index in [-0.39, 0.29) is 19.3 Å². The van der Waals surface area contributed by atoms with E-state index in [4.69, 9.17) is 0 Å². The second kappa shape index (κ2) is 14.0. The van der Waals surface area contributed by atoms with E-state index in [2.05, 4.69) is 20.6 Å². The highest BCUT2D eigenvalue weighted by molar-refractivity contribution is 7.98. The Morgan fingerprint density at radius 3 is 2.58 bits per heavy atom. The maximum absolute atomic E-state index is 13.8. The number of imidazole rings is 1. The number of H-pyrrole nitrogens is 1. The van der Waals surface area contributed by atoms with Crippen LogP contribution in [-0.2, 0) is 33.8 Å². The minimum Gasteiger partial charge on any atom is -0.480 e. The Kier molecular flexibility index (Phi) is 11.5. The average molecular weight is 518 g/mol. The lowest BCUT2D eigenvalue weighted by Gasteiger charge is -2.39. The van der Waals surface area contributed by atoms with Crippen LogP contribution in [0, 0.1) is 5.92 Å². The number of rotatable bonds is 12. The van der Waals surface area contributed by atoms with Crippen molar-refractivity contribution < 1.29 is 19.5 Å². The molecule has 2 heterocycles. The van der Waals surface area contributed by atoms with Crippen molar-refractivity contribution in [3.63, 3.8) is 0 Å². The maximum atomic E-state index is 13.8. The first-order valence-electron chi connectivity index (χ1n) is 11.9. The minimum absolute atomic E-state index is 0. The molecule has 4 N–H and O–H groups in total. The summed E-state index contributed by atoms with van der Waals surface area (Å²) in [4.78, 5) is 47.6.